The van der Waals surface area contributed by atoms with Crippen molar-refractivity contribution in [3.63, 3.8) is 0 Å². The van der Waals surface area contributed by atoms with Gasteiger partial charge >= 0.3 is 0 Å². The quantitative estimate of drug-likeness (QED) is 0.866. The Labute approximate surface area is 113 Å². The van der Waals surface area contributed by atoms with Crippen LogP contribution in [-0.2, 0) is 11.2 Å². The molecule has 0 spiro atoms. The maximum absolute atomic E-state index is 11.3. The molecule has 2 nitrogen and oxygen atoms in total. The van der Waals surface area contributed by atoms with Crippen molar-refractivity contribution >= 4 is 11.6 Å². The standard InChI is InChI=1S/C17H17NO/c1-12(19)18-17-9-5-4-8-16(17)15-11-10-13-6-2-3-7-14(13)15/h2-9,15H,10-11H2,1H3,(H,18,19). The van der Waals surface area contributed by atoms with Crippen molar-refractivity contribution < 1.29 is 4.79 Å². The predicted octanol–water partition coefficient (Wildman–Crippen LogP) is 3.72. The number of benzene rings is 2. The molecule has 0 saturated carbocycles. The van der Waals surface area contributed by atoms with Crippen LogP contribution >= 0.6 is 0 Å². The van der Waals surface area contributed by atoms with Crippen molar-refractivity contribution in [2.75, 3.05) is 5.32 Å². The van der Waals surface area contributed by atoms with Crippen molar-refractivity contribution in [1.29, 1.82) is 0 Å². The highest BCUT2D eigenvalue weighted by Gasteiger charge is 2.25. The number of para-hydroxylation sites is 1. The Bertz CT molecular complexity index is 618. The Hall–Kier alpha value is -2.09. The first kappa shape index (κ1) is 12.0. The Kier molecular flexibility index (Phi) is 3.08. The van der Waals surface area contributed by atoms with Crippen LogP contribution in [-0.4, -0.2) is 5.91 Å². The molecule has 2 heteroatoms. The molecular formula is C17H17NO. The molecule has 1 aliphatic carbocycles. The highest BCUT2D eigenvalue weighted by Crippen LogP contribution is 2.40. The van der Waals surface area contributed by atoms with Crippen molar-refractivity contribution in [2.45, 2.75) is 25.7 Å². The summed E-state index contributed by atoms with van der Waals surface area (Å²) in [4.78, 5) is 11.3. The molecule has 1 atom stereocenters. The second kappa shape index (κ2) is 4.88. The van der Waals surface area contributed by atoms with Crippen LogP contribution in [0.25, 0.3) is 0 Å². The molecule has 1 amide bonds. The van der Waals surface area contributed by atoms with E-state index in [-0.39, 0.29) is 5.91 Å². The molecule has 96 valence electrons. The Morgan fingerprint density at radius 1 is 1.05 bits per heavy atom. The number of anilines is 1. The first-order chi connectivity index (χ1) is 9.25. The van der Waals surface area contributed by atoms with Gasteiger partial charge in [0.2, 0.25) is 5.91 Å². The smallest absolute Gasteiger partial charge is 0.221 e. The summed E-state index contributed by atoms with van der Waals surface area (Å²) in [6, 6.07) is 16.7. The highest BCUT2D eigenvalue weighted by atomic mass is 16.1. The van der Waals surface area contributed by atoms with Crippen LogP contribution < -0.4 is 5.32 Å². The molecule has 1 unspecified atom stereocenters. The molecule has 2 aromatic carbocycles. The number of amides is 1. The van der Waals surface area contributed by atoms with Gasteiger partial charge in [-0.1, -0.05) is 42.5 Å². The van der Waals surface area contributed by atoms with Gasteiger partial charge in [-0.05, 0) is 35.6 Å². The van der Waals surface area contributed by atoms with E-state index in [1.54, 1.807) is 6.92 Å². The lowest BCUT2D eigenvalue weighted by atomic mass is 9.91. The maximum Gasteiger partial charge on any atom is 0.221 e. The van der Waals surface area contributed by atoms with Gasteiger partial charge < -0.3 is 5.32 Å². The van der Waals surface area contributed by atoms with Gasteiger partial charge in [-0.2, -0.15) is 0 Å². The molecule has 0 aliphatic heterocycles. The Morgan fingerprint density at radius 3 is 2.53 bits per heavy atom. The summed E-state index contributed by atoms with van der Waals surface area (Å²) in [6.07, 6.45) is 2.24. The number of fused-ring (bicyclic) bond motifs is 1. The molecule has 0 bridgehead atoms. The summed E-state index contributed by atoms with van der Waals surface area (Å²) in [5, 5.41) is 2.94. The Balaban J connectivity index is 2.02. The van der Waals surface area contributed by atoms with Crippen LogP contribution in [0.5, 0.6) is 0 Å². The van der Waals surface area contributed by atoms with Crippen molar-refractivity contribution in [3.05, 3.63) is 65.2 Å². The largest absolute Gasteiger partial charge is 0.326 e. The lowest BCUT2D eigenvalue weighted by Gasteiger charge is -2.17. The summed E-state index contributed by atoms with van der Waals surface area (Å²) < 4.78 is 0. The number of carbonyl (C=O) groups excluding carboxylic acids is 1. The molecule has 0 fully saturated rings. The lowest BCUT2D eigenvalue weighted by Crippen LogP contribution is -2.09. The zero-order chi connectivity index (χ0) is 13.2. The van der Waals surface area contributed by atoms with Crippen LogP contribution in [0.1, 0.15) is 36.0 Å². The summed E-state index contributed by atoms with van der Waals surface area (Å²) in [5.41, 5.74) is 5.00. The van der Waals surface area contributed by atoms with E-state index in [4.69, 9.17) is 0 Å². The third-order valence-electron chi connectivity index (χ3n) is 3.78. The van der Waals surface area contributed by atoms with Gasteiger partial charge in [0.15, 0.2) is 0 Å². The minimum Gasteiger partial charge on any atom is -0.326 e. The van der Waals surface area contributed by atoms with Crippen molar-refractivity contribution in [2.24, 2.45) is 0 Å². The summed E-state index contributed by atoms with van der Waals surface area (Å²) in [5.74, 6) is 0.387. The number of rotatable bonds is 2. The van der Waals surface area contributed by atoms with E-state index < -0.39 is 0 Å². The second-order valence-corrected chi connectivity index (χ2v) is 5.06. The normalized spacial score (nSPS) is 17.0. The molecule has 19 heavy (non-hydrogen) atoms. The second-order valence-electron chi connectivity index (χ2n) is 5.06. The van der Waals surface area contributed by atoms with E-state index in [2.05, 4.69) is 35.6 Å². The fraction of sp³-hybridized carbons (Fsp3) is 0.235. The number of nitrogens with one attached hydrogen (secondary N) is 1. The van der Waals surface area contributed by atoms with Gasteiger partial charge in [0.05, 0.1) is 0 Å². The third kappa shape index (κ3) is 2.26. The molecule has 0 radical (unpaired) electrons. The first-order valence-electron chi connectivity index (χ1n) is 6.70. The predicted molar refractivity (Wildman–Crippen MR) is 77.4 cm³/mol. The maximum atomic E-state index is 11.3. The van der Waals surface area contributed by atoms with Gasteiger partial charge in [0, 0.05) is 18.5 Å². The minimum absolute atomic E-state index is 0.0151. The first-order valence-corrected chi connectivity index (χ1v) is 6.70. The summed E-state index contributed by atoms with van der Waals surface area (Å²) in [6.45, 7) is 1.55. The SMILES string of the molecule is CC(=O)Nc1ccccc1C1CCc2ccccc21. The fourth-order valence-corrected chi connectivity index (χ4v) is 2.98. The lowest BCUT2D eigenvalue weighted by molar-refractivity contribution is -0.114. The van der Waals surface area contributed by atoms with Gasteiger partial charge in [0.1, 0.15) is 0 Å². The number of carbonyl (C=O) groups is 1. The van der Waals surface area contributed by atoms with E-state index in [1.165, 1.54) is 16.7 Å². The van der Waals surface area contributed by atoms with E-state index >= 15 is 0 Å². The van der Waals surface area contributed by atoms with E-state index in [9.17, 15) is 4.79 Å². The Morgan fingerprint density at radius 2 is 1.74 bits per heavy atom. The molecule has 0 saturated heterocycles. The average Bonchev–Trinajstić information content (AvgIpc) is 2.82. The molecule has 2 aromatic rings. The number of aryl methyl sites for hydroxylation is 1. The summed E-state index contributed by atoms with van der Waals surface area (Å²) >= 11 is 0. The average molecular weight is 251 g/mol. The van der Waals surface area contributed by atoms with Gasteiger partial charge in [0.25, 0.3) is 0 Å². The van der Waals surface area contributed by atoms with Gasteiger partial charge in [-0.3, -0.25) is 4.79 Å². The van der Waals surface area contributed by atoms with Crippen LogP contribution in [0.4, 0.5) is 5.69 Å². The van der Waals surface area contributed by atoms with Gasteiger partial charge in [-0.15, -0.1) is 0 Å². The zero-order valence-electron chi connectivity index (χ0n) is 11.0. The molecule has 1 aliphatic rings. The minimum atomic E-state index is -0.0151. The van der Waals surface area contributed by atoms with Gasteiger partial charge in [-0.25, -0.2) is 0 Å². The van der Waals surface area contributed by atoms with E-state index in [0.29, 0.717) is 5.92 Å². The van der Waals surface area contributed by atoms with Crippen molar-refractivity contribution in [1.82, 2.24) is 0 Å². The van der Waals surface area contributed by atoms with Crippen LogP contribution in [0, 0.1) is 0 Å². The monoisotopic (exact) mass is 251 g/mol. The highest BCUT2D eigenvalue weighted by molar-refractivity contribution is 5.89. The molecule has 0 heterocycles. The van der Waals surface area contributed by atoms with Crippen LogP contribution in [0.2, 0.25) is 0 Å². The molecular weight excluding hydrogens is 234 g/mol. The number of hydrogen-bond acceptors (Lipinski definition) is 1. The molecule has 3 rings (SSSR count). The van der Waals surface area contributed by atoms with E-state index in [1.807, 2.05) is 18.2 Å². The van der Waals surface area contributed by atoms with Crippen LogP contribution in [0.15, 0.2) is 48.5 Å². The molecule has 1 N–H and O–H groups in total. The van der Waals surface area contributed by atoms with Crippen LogP contribution in [0.3, 0.4) is 0 Å². The van der Waals surface area contributed by atoms with Crippen molar-refractivity contribution in [3.8, 4) is 0 Å². The third-order valence-corrected chi connectivity index (χ3v) is 3.78. The summed E-state index contributed by atoms with van der Waals surface area (Å²) in [7, 11) is 0. The molecule has 0 aromatic heterocycles. The topological polar surface area (TPSA) is 29.1 Å². The van der Waals surface area contributed by atoms with E-state index in [0.717, 1.165) is 18.5 Å². The fourth-order valence-electron chi connectivity index (χ4n) is 2.98. The zero-order valence-corrected chi connectivity index (χ0v) is 11.0. The number of hydrogen-bond donors (Lipinski definition) is 1.